The van der Waals surface area contributed by atoms with Crippen molar-refractivity contribution in [2.75, 3.05) is 18.8 Å². The van der Waals surface area contributed by atoms with Crippen molar-refractivity contribution in [3.05, 3.63) is 35.4 Å². The first-order chi connectivity index (χ1) is 8.53. The highest BCUT2D eigenvalue weighted by Gasteiger charge is 2.08. The number of nitrogens with one attached hydrogen (secondary N) is 2. The second-order valence-electron chi connectivity index (χ2n) is 4.33. The van der Waals surface area contributed by atoms with E-state index in [9.17, 15) is 8.42 Å². The molecule has 1 aromatic carbocycles. The zero-order valence-electron chi connectivity index (χ0n) is 11.1. The van der Waals surface area contributed by atoms with E-state index in [-0.39, 0.29) is 5.75 Å². The summed E-state index contributed by atoms with van der Waals surface area (Å²) in [7, 11) is -3.16. The Hall–Kier alpha value is -0.910. The average molecular weight is 270 g/mol. The van der Waals surface area contributed by atoms with Crippen LogP contribution in [0.25, 0.3) is 0 Å². The molecule has 0 aliphatic heterocycles. The highest BCUT2D eigenvalue weighted by Crippen LogP contribution is 2.03. The predicted molar refractivity (Wildman–Crippen MR) is 75.0 cm³/mol. The van der Waals surface area contributed by atoms with Gasteiger partial charge in [-0.2, -0.15) is 0 Å². The SMILES string of the molecule is CCNCCCS(=O)(=O)NCc1ccc(C)cc1. The van der Waals surface area contributed by atoms with Crippen molar-refractivity contribution >= 4 is 10.0 Å². The number of rotatable bonds is 8. The molecule has 0 fully saturated rings. The molecule has 0 unspecified atom stereocenters. The van der Waals surface area contributed by atoms with Crippen LogP contribution in [0.15, 0.2) is 24.3 Å². The Morgan fingerprint density at radius 3 is 2.44 bits per heavy atom. The van der Waals surface area contributed by atoms with Gasteiger partial charge in [0.25, 0.3) is 0 Å². The molecule has 1 rings (SSSR count). The van der Waals surface area contributed by atoms with E-state index >= 15 is 0 Å². The van der Waals surface area contributed by atoms with Gasteiger partial charge in [-0.25, -0.2) is 13.1 Å². The Labute approximate surface area is 110 Å². The molecule has 0 radical (unpaired) electrons. The van der Waals surface area contributed by atoms with Gasteiger partial charge in [0, 0.05) is 6.54 Å². The van der Waals surface area contributed by atoms with E-state index in [0.717, 1.165) is 18.7 Å². The van der Waals surface area contributed by atoms with E-state index in [0.29, 0.717) is 13.0 Å². The molecule has 0 spiro atoms. The van der Waals surface area contributed by atoms with Crippen LogP contribution in [0, 0.1) is 6.92 Å². The Kier molecular flexibility index (Phi) is 6.32. The fraction of sp³-hybridized carbons (Fsp3) is 0.538. The minimum Gasteiger partial charge on any atom is -0.317 e. The number of benzene rings is 1. The van der Waals surface area contributed by atoms with Crippen LogP contribution in [-0.4, -0.2) is 27.3 Å². The summed E-state index contributed by atoms with van der Waals surface area (Å²) in [5, 5.41) is 3.11. The molecule has 18 heavy (non-hydrogen) atoms. The second-order valence-corrected chi connectivity index (χ2v) is 6.26. The van der Waals surface area contributed by atoms with Gasteiger partial charge < -0.3 is 5.32 Å². The zero-order valence-corrected chi connectivity index (χ0v) is 11.9. The van der Waals surface area contributed by atoms with Crippen molar-refractivity contribution in [3.8, 4) is 0 Å². The van der Waals surface area contributed by atoms with Crippen LogP contribution < -0.4 is 10.0 Å². The smallest absolute Gasteiger partial charge is 0.211 e. The number of hydrogen-bond acceptors (Lipinski definition) is 3. The van der Waals surface area contributed by atoms with Crippen LogP contribution in [0.1, 0.15) is 24.5 Å². The summed E-state index contributed by atoms with van der Waals surface area (Å²) in [6.45, 7) is 5.99. The Bertz CT molecular complexity index is 441. The van der Waals surface area contributed by atoms with Crippen LogP contribution in [-0.2, 0) is 16.6 Å². The summed E-state index contributed by atoms with van der Waals surface area (Å²) in [4.78, 5) is 0. The summed E-state index contributed by atoms with van der Waals surface area (Å²) in [6, 6.07) is 7.84. The second kappa shape index (κ2) is 7.51. The quantitative estimate of drug-likeness (QED) is 0.702. The molecule has 0 heterocycles. The first-order valence-electron chi connectivity index (χ1n) is 6.27. The van der Waals surface area contributed by atoms with Gasteiger partial charge in [0.15, 0.2) is 0 Å². The van der Waals surface area contributed by atoms with Gasteiger partial charge in [0.05, 0.1) is 5.75 Å². The summed E-state index contributed by atoms with van der Waals surface area (Å²) < 4.78 is 26.0. The first kappa shape index (κ1) is 15.1. The van der Waals surface area contributed by atoms with Crippen molar-refractivity contribution in [3.63, 3.8) is 0 Å². The van der Waals surface area contributed by atoms with Crippen LogP contribution in [0.2, 0.25) is 0 Å². The molecule has 0 saturated heterocycles. The van der Waals surface area contributed by atoms with Crippen molar-refractivity contribution < 1.29 is 8.42 Å². The Balaban J connectivity index is 2.34. The van der Waals surface area contributed by atoms with E-state index in [4.69, 9.17) is 0 Å². The van der Waals surface area contributed by atoms with Crippen molar-refractivity contribution in [2.24, 2.45) is 0 Å². The van der Waals surface area contributed by atoms with Crippen molar-refractivity contribution in [1.82, 2.24) is 10.0 Å². The summed E-state index contributed by atoms with van der Waals surface area (Å²) in [5.74, 6) is 0.172. The summed E-state index contributed by atoms with van der Waals surface area (Å²) in [5.41, 5.74) is 2.16. The molecule has 0 aromatic heterocycles. The van der Waals surface area contributed by atoms with Crippen LogP contribution in [0.5, 0.6) is 0 Å². The maximum absolute atomic E-state index is 11.7. The molecule has 0 aliphatic rings. The molecule has 102 valence electrons. The lowest BCUT2D eigenvalue weighted by molar-refractivity contribution is 0.575. The third kappa shape index (κ3) is 6.14. The normalized spacial score (nSPS) is 11.7. The van der Waals surface area contributed by atoms with Crippen LogP contribution >= 0.6 is 0 Å². The molecule has 4 nitrogen and oxygen atoms in total. The summed E-state index contributed by atoms with van der Waals surface area (Å²) >= 11 is 0. The maximum atomic E-state index is 11.7. The van der Waals surface area contributed by atoms with E-state index < -0.39 is 10.0 Å². The largest absolute Gasteiger partial charge is 0.317 e. The topological polar surface area (TPSA) is 58.2 Å². The molecule has 2 N–H and O–H groups in total. The average Bonchev–Trinajstić information content (AvgIpc) is 2.34. The summed E-state index contributed by atoms with van der Waals surface area (Å²) in [6.07, 6.45) is 0.636. The monoisotopic (exact) mass is 270 g/mol. The molecule has 1 aromatic rings. The Morgan fingerprint density at radius 1 is 1.17 bits per heavy atom. The third-order valence-electron chi connectivity index (χ3n) is 2.63. The number of aryl methyl sites for hydroxylation is 1. The lowest BCUT2D eigenvalue weighted by Crippen LogP contribution is -2.28. The van der Waals surface area contributed by atoms with E-state index in [2.05, 4.69) is 10.0 Å². The van der Waals surface area contributed by atoms with Gasteiger partial charge in [0.1, 0.15) is 0 Å². The minimum atomic E-state index is -3.16. The molecular weight excluding hydrogens is 248 g/mol. The van der Waals surface area contributed by atoms with Crippen molar-refractivity contribution in [2.45, 2.75) is 26.8 Å². The standard InChI is InChI=1S/C13H22N2O2S/c1-3-14-9-4-10-18(16,17)15-11-13-7-5-12(2)6-8-13/h5-8,14-15H,3-4,9-11H2,1-2H3. The first-order valence-corrected chi connectivity index (χ1v) is 7.92. The molecule has 0 saturated carbocycles. The maximum Gasteiger partial charge on any atom is 0.211 e. The number of sulfonamides is 1. The van der Waals surface area contributed by atoms with Gasteiger partial charge in [-0.15, -0.1) is 0 Å². The lowest BCUT2D eigenvalue weighted by Gasteiger charge is -2.07. The van der Waals surface area contributed by atoms with Crippen LogP contribution in [0.4, 0.5) is 0 Å². The molecule has 0 aliphatic carbocycles. The molecule has 0 amide bonds. The van der Waals surface area contributed by atoms with Gasteiger partial charge in [-0.05, 0) is 32.0 Å². The van der Waals surface area contributed by atoms with Gasteiger partial charge in [-0.3, -0.25) is 0 Å². The molecule has 0 bridgehead atoms. The van der Waals surface area contributed by atoms with E-state index in [1.807, 2.05) is 38.1 Å². The third-order valence-corrected chi connectivity index (χ3v) is 4.04. The van der Waals surface area contributed by atoms with Crippen LogP contribution in [0.3, 0.4) is 0 Å². The number of hydrogen-bond donors (Lipinski definition) is 2. The highest BCUT2D eigenvalue weighted by atomic mass is 32.2. The molecular formula is C13H22N2O2S. The van der Waals surface area contributed by atoms with Gasteiger partial charge >= 0.3 is 0 Å². The predicted octanol–water partition coefficient (Wildman–Crippen LogP) is 1.41. The van der Waals surface area contributed by atoms with E-state index in [1.54, 1.807) is 0 Å². The Morgan fingerprint density at radius 2 is 1.83 bits per heavy atom. The van der Waals surface area contributed by atoms with Gasteiger partial charge in [0.2, 0.25) is 10.0 Å². The fourth-order valence-electron chi connectivity index (χ4n) is 1.54. The zero-order chi connectivity index (χ0) is 13.4. The fourth-order valence-corrected chi connectivity index (χ4v) is 2.59. The molecule has 5 heteroatoms. The van der Waals surface area contributed by atoms with Gasteiger partial charge in [-0.1, -0.05) is 36.8 Å². The van der Waals surface area contributed by atoms with E-state index in [1.165, 1.54) is 5.56 Å². The highest BCUT2D eigenvalue weighted by molar-refractivity contribution is 7.89. The lowest BCUT2D eigenvalue weighted by atomic mass is 10.2. The minimum absolute atomic E-state index is 0.172. The molecule has 0 atom stereocenters. The van der Waals surface area contributed by atoms with Crippen molar-refractivity contribution in [1.29, 1.82) is 0 Å².